The Labute approximate surface area is 116 Å². The Morgan fingerprint density at radius 1 is 1.32 bits per heavy atom. The van der Waals surface area contributed by atoms with Gasteiger partial charge in [0, 0.05) is 19.8 Å². The molecule has 2 rings (SSSR count). The number of amides is 1. The number of nitrogen functional groups attached to an aromatic ring is 1. The van der Waals surface area contributed by atoms with Crippen molar-refractivity contribution in [2.45, 2.75) is 6.92 Å². The van der Waals surface area contributed by atoms with Crippen LogP contribution in [0, 0.1) is 6.92 Å². The molecule has 1 amide bonds. The Balaban J connectivity index is 2.18. The van der Waals surface area contributed by atoms with Crippen molar-refractivity contribution >= 4 is 33.9 Å². The van der Waals surface area contributed by atoms with Gasteiger partial charge in [0.25, 0.3) is 5.91 Å². The molecule has 0 bridgehead atoms. The smallest absolute Gasteiger partial charge is 0.269 e. The molecule has 0 radical (unpaired) electrons. The molecule has 0 saturated carbocycles. The van der Waals surface area contributed by atoms with Crippen molar-refractivity contribution in [3.63, 3.8) is 0 Å². The summed E-state index contributed by atoms with van der Waals surface area (Å²) in [7, 11) is 3.72. The second-order valence-electron chi connectivity index (χ2n) is 4.43. The third kappa shape index (κ3) is 3.03. The second-order valence-corrected chi connectivity index (χ2v) is 5.40. The summed E-state index contributed by atoms with van der Waals surface area (Å²) in [6.07, 6.45) is 0. The Morgan fingerprint density at radius 3 is 2.47 bits per heavy atom. The van der Waals surface area contributed by atoms with Crippen molar-refractivity contribution in [1.82, 2.24) is 4.98 Å². The average Bonchev–Trinajstić information content (AvgIpc) is 2.74. The van der Waals surface area contributed by atoms with Crippen LogP contribution in [0.15, 0.2) is 24.3 Å². The summed E-state index contributed by atoms with van der Waals surface area (Å²) in [5.74, 6) is 0.0327. The fraction of sp³-hybridized carbons (Fsp3) is 0.231. The number of benzene rings is 1. The molecule has 5 nitrogen and oxygen atoms in total. The van der Waals surface area contributed by atoms with Gasteiger partial charge in [-0.3, -0.25) is 4.79 Å². The summed E-state index contributed by atoms with van der Waals surface area (Å²) in [6.45, 7) is 2.00. The Morgan fingerprint density at radius 2 is 1.95 bits per heavy atom. The minimum Gasteiger partial charge on any atom is -0.382 e. The van der Waals surface area contributed by atoms with Gasteiger partial charge < -0.3 is 16.0 Å². The lowest BCUT2D eigenvalue weighted by molar-refractivity contribution is 0.103. The highest BCUT2D eigenvalue weighted by Gasteiger charge is 2.17. The molecule has 0 atom stereocenters. The number of hydrogen-bond donors (Lipinski definition) is 2. The van der Waals surface area contributed by atoms with E-state index in [4.69, 9.17) is 5.73 Å². The van der Waals surface area contributed by atoms with Crippen molar-refractivity contribution < 1.29 is 4.79 Å². The first-order valence-electron chi connectivity index (χ1n) is 5.79. The molecule has 0 unspecified atom stereocenters. The lowest BCUT2D eigenvalue weighted by atomic mass is 10.2. The van der Waals surface area contributed by atoms with E-state index in [0.29, 0.717) is 10.0 Å². The standard InChI is InChI=1S/C13H16N4OS/c1-8-4-6-9(7-5-8)15-12(18)10-11(14)16-13(19-10)17(2)3/h4-7H,14H2,1-3H3,(H,15,18). The molecule has 100 valence electrons. The predicted octanol–water partition coefficient (Wildman–Crippen LogP) is 2.35. The van der Waals surface area contributed by atoms with Crippen LogP contribution >= 0.6 is 11.3 Å². The molecule has 0 aliphatic rings. The van der Waals surface area contributed by atoms with Crippen LogP contribution in [0.5, 0.6) is 0 Å². The molecule has 1 heterocycles. The van der Waals surface area contributed by atoms with Gasteiger partial charge in [-0.25, -0.2) is 4.98 Å². The van der Waals surface area contributed by atoms with Gasteiger partial charge in [-0.15, -0.1) is 0 Å². The van der Waals surface area contributed by atoms with Crippen LogP contribution in [0.2, 0.25) is 0 Å². The molecule has 19 heavy (non-hydrogen) atoms. The quantitative estimate of drug-likeness (QED) is 0.902. The Bertz CT molecular complexity index is 589. The lowest BCUT2D eigenvalue weighted by Crippen LogP contribution is -2.12. The molecule has 6 heteroatoms. The lowest BCUT2D eigenvalue weighted by Gasteiger charge is -2.05. The van der Waals surface area contributed by atoms with E-state index < -0.39 is 0 Å². The highest BCUT2D eigenvalue weighted by molar-refractivity contribution is 7.18. The first-order valence-corrected chi connectivity index (χ1v) is 6.60. The third-order valence-electron chi connectivity index (χ3n) is 2.54. The van der Waals surface area contributed by atoms with Gasteiger partial charge in [0.15, 0.2) is 5.13 Å². The van der Waals surface area contributed by atoms with Gasteiger partial charge in [0.2, 0.25) is 0 Å². The maximum absolute atomic E-state index is 12.1. The summed E-state index contributed by atoms with van der Waals surface area (Å²) in [5.41, 5.74) is 7.66. The normalized spacial score (nSPS) is 10.3. The zero-order chi connectivity index (χ0) is 14.0. The monoisotopic (exact) mass is 276 g/mol. The minimum absolute atomic E-state index is 0.230. The van der Waals surface area contributed by atoms with Gasteiger partial charge in [-0.05, 0) is 19.1 Å². The maximum atomic E-state index is 12.1. The number of hydrogen-bond acceptors (Lipinski definition) is 5. The molecular weight excluding hydrogens is 260 g/mol. The fourth-order valence-electron chi connectivity index (χ4n) is 1.50. The first kappa shape index (κ1) is 13.4. The molecule has 0 fully saturated rings. The van der Waals surface area contributed by atoms with Crippen molar-refractivity contribution in [2.24, 2.45) is 0 Å². The van der Waals surface area contributed by atoms with Crippen LogP contribution in [0.3, 0.4) is 0 Å². The van der Waals surface area contributed by atoms with Crippen LogP contribution in [-0.2, 0) is 0 Å². The fourth-order valence-corrected chi connectivity index (χ4v) is 2.30. The molecule has 2 aromatic rings. The van der Waals surface area contributed by atoms with Crippen LogP contribution in [-0.4, -0.2) is 25.0 Å². The van der Waals surface area contributed by atoms with E-state index in [1.54, 1.807) is 0 Å². The number of thiazole rings is 1. The second kappa shape index (κ2) is 5.27. The topological polar surface area (TPSA) is 71.2 Å². The van der Waals surface area contributed by atoms with Crippen LogP contribution in [0.4, 0.5) is 16.6 Å². The third-order valence-corrected chi connectivity index (χ3v) is 3.78. The predicted molar refractivity (Wildman–Crippen MR) is 80.0 cm³/mol. The number of nitrogens with one attached hydrogen (secondary N) is 1. The summed E-state index contributed by atoms with van der Waals surface area (Å²) in [4.78, 5) is 18.5. The molecule has 1 aromatic heterocycles. The summed E-state index contributed by atoms with van der Waals surface area (Å²) >= 11 is 1.28. The van der Waals surface area contributed by atoms with E-state index in [0.717, 1.165) is 11.3 Å². The van der Waals surface area contributed by atoms with E-state index in [-0.39, 0.29) is 11.7 Å². The molecule has 0 spiro atoms. The van der Waals surface area contributed by atoms with E-state index in [9.17, 15) is 4.79 Å². The maximum Gasteiger partial charge on any atom is 0.269 e. The highest BCUT2D eigenvalue weighted by atomic mass is 32.1. The number of carbonyl (C=O) groups is 1. The number of aromatic nitrogens is 1. The summed E-state index contributed by atoms with van der Waals surface area (Å²) in [6, 6.07) is 7.60. The van der Waals surface area contributed by atoms with E-state index in [1.807, 2.05) is 50.2 Å². The number of anilines is 3. The van der Waals surface area contributed by atoms with Crippen molar-refractivity contribution in [1.29, 1.82) is 0 Å². The minimum atomic E-state index is -0.230. The molecular formula is C13H16N4OS. The van der Waals surface area contributed by atoms with Gasteiger partial charge in [0.05, 0.1) is 0 Å². The zero-order valence-electron chi connectivity index (χ0n) is 11.1. The molecule has 1 aromatic carbocycles. The van der Waals surface area contributed by atoms with E-state index >= 15 is 0 Å². The van der Waals surface area contributed by atoms with Crippen LogP contribution in [0.25, 0.3) is 0 Å². The van der Waals surface area contributed by atoms with Crippen molar-refractivity contribution in [3.8, 4) is 0 Å². The average molecular weight is 276 g/mol. The molecule has 3 N–H and O–H groups in total. The van der Waals surface area contributed by atoms with E-state index in [2.05, 4.69) is 10.3 Å². The number of rotatable bonds is 3. The molecule has 0 aliphatic heterocycles. The Hall–Kier alpha value is -2.08. The first-order chi connectivity index (χ1) is 8.97. The molecule has 0 aliphatic carbocycles. The van der Waals surface area contributed by atoms with Crippen molar-refractivity contribution in [3.05, 3.63) is 34.7 Å². The van der Waals surface area contributed by atoms with E-state index in [1.165, 1.54) is 11.3 Å². The molecule has 0 saturated heterocycles. The largest absolute Gasteiger partial charge is 0.382 e. The Kier molecular flexibility index (Phi) is 3.71. The number of nitrogens with two attached hydrogens (primary N) is 1. The highest BCUT2D eigenvalue weighted by Crippen LogP contribution is 2.27. The number of aryl methyl sites for hydroxylation is 1. The zero-order valence-corrected chi connectivity index (χ0v) is 11.9. The number of nitrogens with zero attached hydrogens (tertiary/aromatic N) is 2. The van der Waals surface area contributed by atoms with Gasteiger partial charge >= 0.3 is 0 Å². The SMILES string of the molecule is Cc1ccc(NC(=O)c2sc(N(C)C)nc2N)cc1. The van der Waals surface area contributed by atoms with Gasteiger partial charge in [0.1, 0.15) is 10.7 Å². The van der Waals surface area contributed by atoms with Gasteiger partial charge in [-0.1, -0.05) is 29.0 Å². The van der Waals surface area contributed by atoms with Crippen LogP contribution < -0.4 is 16.0 Å². The van der Waals surface area contributed by atoms with Crippen LogP contribution in [0.1, 0.15) is 15.2 Å². The number of carbonyl (C=O) groups excluding carboxylic acids is 1. The summed E-state index contributed by atoms with van der Waals surface area (Å²) < 4.78 is 0. The van der Waals surface area contributed by atoms with Crippen molar-refractivity contribution in [2.75, 3.05) is 30.0 Å². The van der Waals surface area contributed by atoms with Gasteiger partial charge in [-0.2, -0.15) is 0 Å². The summed E-state index contributed by atoms with van der Waals surface area (Å²) in [5, 5.41) is 3.53.